The van der Waals surface area contributed by atoms with E-state index in [0.717, 1.165) is 25.0 Å². The second-order valence-electron chi connectivity index (χ2n) is 6.55. The standard InChI is InChI=1S/C23H28BrN2S/c1-3-25(4-2)20-14-11-19(12-15-20)13-16-23-26(18-8-7-17-24)21-9-5-6-10-22(21)27-23/h5-6,9-16H,3-4,7-8,17-18H2,1-2H3/q+1. The molecule has 0 N–H and O–H groups in total. The largest absolute Gasteiger partial charge is 0.372 e. The van der Waals surface area contributed by atoms with Crippen LogP contribution in [-0.4, -0.2) is 18.4 Å². The first-order valence-electron chi connectivity index (χ1n) is 9.77. The molecule has 0 aliphatic carbocycles. The van der Waals surface area contributed by atoms with E-state index in [1.807, 2.05) is 11.3 Å². The summed E-state index contributed by atoms with van der Waals surface area (Å²) >= 11 is 5.42. The van der Waals surface area contributed by atoms with Crippen LogP contribution in [0.3, 0.4) is 0 Å². The fraction of sp³-hybridized carbons (Fsp3) is 0.348. The zero-order valence-electron chi connectivity index (χ0n) is 16.2. The molecule has 2 nitrogen and oxygen atoms in total. The Bertz CT molecular complexity index is 879. The van der Waals surface area contributed by atoms with Crippen molar-refractivity contribution in [1.82, 2.24) is 0 Å². The highest BCUT2D eigenvalue weighted by Gasteiger charge is 2.17. The smallest absolute Gasteiger partial charge is 0.262 e. The van der Waals surface area contributed by atoms with E-state index in [1.165, 1.54) is 39.3 Å². The number of para-hydroxylation sites is 1. The molecule has 3 rings (SSSR count). The third-order valence-electron chi connectivity index (χ3n) is 4.84. The molecule has 142 valence electrons. The second kappa shape index (κ2) is 10.0. The number of aromatic nitrogens is 1. The maximum atomic E-state index is 3.55. The van der Waals surface area contributed by atoms with Crippen LogP contribution in [0.4, 0.5) is 5.69 Å². The molecule has 0 fully saturated rings. The predicted molar refractivity (Wildman–Crippen MR) is 124 cm³/mol. The summed E-state index contributed by atoms with van der Waals surface area (Å²) in [4.78, 5) is 2.37. The summed E-state index contributed by atoms with van der Waals surface area (Å²) in [6.07, 6.45) is 6.89. The Hall–Kier alpha value is -1.65. The lowest BCUT2D eigenvalue weighted by Gasteiger charge is -2.20. The normalized spacial score (nSPS) is 11.5. The van der Waals surface area contributed by atoms with Crippen molar-refractivity contribution in [3.8, 4) is 0 Å². The number of halogens is 1. The van der Waals surface area contributed by atoms with Gasteiger partial charge in [0.2, 0.25) is 5.52 Å². The van der Waals surface area contributed by atoms with E-state index in [2.05, 4.69) is 99.9 Å². The van der Waals surface area contributed by atoms with Gasteiger partial charge < -0.3 is 4.90 Å². The van der Waals surface area contributed by atoms with Gasteiger partial charge in [0, 0.05) is 42.7 Å². The molecular formula is C23H28BrN2S+. The van der Waals surface area contributed by atoms with E-state index in [9.17, 15) is 0 Å². The van der Waals surface area contributed by atoms with Crippen molar-refractivity contribution in [2.45, 2.75) is 33.2 Å². The van der Waals surface area contributed by atoms with Crippen molar-refractivity contribution in [3.05, 3.63) is 59.1 Å². The topological polar surface area (TPSA) is 7.12 Å². The van der Waals surface area contributed by atoms with Gasteiger partial charge >= 0.3 is 0 Å². The molecule has 1 aromatic heterocycles. The molecule has 1 heterocycles. The van der Waals surface area contributed by atoms with Crippen molar-refractivity contribution in [2.75, 3.05) is 23.3 Å². The van der Waals surface area contributed by atoms with Crippen molar-refractivity contribution >= 4 is 55.3 Å². The Labute approximate surface area is 175 Å². The molecule has 0 radical (unpaired) electrons. The second-order valence-corrected chi connectivity index (χ2v) is 8.41. The number of anilines is 1. The van der Waals surface area contributed by atoms with Gasteiger partial charge in [0.1, 0.15) is 4.70 Å². The molecule has 0 amide bonds. The van der Waals surface area contributed by atoms with Crippen LogP contribution in [0.15, 0.2) is 48.5 Å². The van der Waals surface area contributed by atoms with Gasteiger partial charge in [-0.15, -0.1) is 0 Å². The summed E-state index contributed by atoms with van der Waals surface area (Å²) < 4.78 is 3.82. The molecule has 0 aliphatic rings. The Morgan fingerprint density at radius 3 is 2.41 bits per heavy atom. The van der Waals surface area contributed by atoms with E-state index in [1.54, 1.807) is 0 Å². The molecule has 27 heavy (non-hydrogen) atoms. The first kappa shape index (κ1) is 20.1. The van der Waals surface area contributed by atoms with E-state index in [-0.39, 0.29) is 0 Å². The Balaban J connectivity index is 1.83. The first-order valence-corrected chi connectivity index (χ1v) is 11.7. The number of rotatable bonds is 9. The van der Waals surface area contributed by atoms with E-state index in [4.69, 9.17) is 0 Å². The van der Waals surface area contributed by atoms with Crippen molar-refractivity contribution in [3.63, 3.8) is 0 Å². The third-order valence-corrected chi connectivity index (χ3v) is 6.53. The quantitative estimate of drug-likeness (QED) is 0.211. The number of unbranched alkanes of at least 4 members (excludes halogenated alkanes) is 1. The van der Waals surface area contributed by atoms with Gasteiger partial charge in [0.25, 0.3) is 5.01 Å². The number of hydrogen-bond acceptors (Lipinski definition) is 2. The Morgan fingerprint density at radius 2 is 1.70 bits per heavy atom. The van der Waals surface area contributed by atoms with Crippen molar-refractivity contribution < 1.29 is 4.57 Å². The molecule has 0 spiro atoms. The van der Waals surface area contributed by atoms with Crippen LogP contribution in [0, 0.1) is 0 Å². The molecule has 0 saturated heterocycles. The minimum atomic E-state index is 1.04. The monoisotopic (exact) mass is 443 g/mol. The fourth-order valence-electron chi connectivity index (χ4n) is 3.32. The van der Waals surface area contributed by atoms with Gasteiger partial charge in [-0.25, -0.2) is 0 Å². The van der Waals surface area contributed by atoms with Crippen molar-refractivity contribution in [1.29, 1.82) is 0 Å². The van der Waals surface area contributed by atoms with Crippen LogP contribution in [0.5, 0.6) is 0 Å². The molecule has 3 aromatic rings. The maximum Gasteiger partial charge on any atom is 0.262 e. The van der Waals surface area contributed by atoms with Crippen molar-refractivity contribution in [2.24, 2.45) is 0 Å². The Morgan fingerprint density at radius 1 is 0.963 bits per heavy atom. The molecule has 0 atom stereocenters. The number of hydrogen-bond donors (Lipinski definition) is 0. The number of fused-ring (bicyclic) bond motifs is 1. The number of aryl methyl sites for hydroxylation is 1. The minimum absolute atomic E-state index is 1.04. The SMILES string of the molecule is CCN(CC)c1ccc(/C=C/c2sc3ccccc3[n+]2CCCCBr)cc1. The number of thiazole rings is 1. The Kier molecular flexibility index (Phi) is 7.48. The van der Waals surface area contributed by atoms with E-state index in [0.29, 0.717) is 0 Å². The van der Waals surface area contributed by atoms with Gasteiger partial charge in [-0.05, 0) is 50.1 Å². The predicted octanol–water partition coefficient (Wildman–Crippen LogP) is 6.38. The first-order chi connectivity index (χ1) is 13.3. The summed E-state index contributed by atoms with van der Waals surface area (Å²) in [5, 5.41) is 2.39. The molecular weight excluding hydrogens is 416 g/mol. The summed E-state index contributed by atoms with van der Waals surface area (Å²) in [6, 6.07) is 17.6. The molecule has 4 heteroatoms. The fourth-order valence-corrected chi connectivity index (χ4v) is 4.81. The summed E-state index contributed by atoms with van der Waals surface area (Å²) in [7, 11) is 0. The van der Waals surface area contributed by atoms with Gasteiger partial charge in [-0.2, -0.15) is 4.57 Å². The van der Waals surface area contributed by atoms with Gasteiger partial charge in [0.15, 0.2) is 6.54 Å². The number of nitrogens with zero attached hydrogens (tertiary/aromatic N) is 2. The van der Waals surface area contributed by atoms with Crippen LogP contribution in [-0.2, 0) is 6.54 Å². The maximum absolute atomic E-state index is 3.55. The summed E-state index contributed by atoms with van der Waals surface area (Å²) in [6.45, 7) is 7.56. The van der Waals surface area contributed by atoms with Crippen LogP contribution < -0.4 is 9.47 Å². The zero-order chi connectivity index (χ0) is 19.1. The summed E-state index contributed by atoms with van der Waals surface area (Å²) in [5.41, 5.74) is 3.88. The molecule has 0 aliphatic heterocycles. The highest BCUT2D eigenvalue weighted by Crippen LogP contribution is 2.23. The van der Waals surface area contributed by atoms with Gasteiger partial charge in [0.05, 0.1) is 0 Å². The average Bonchev–Trinajstić information content (AvgIpc) is 3.06. The number of benzene rings is 2. The van der Waals surface area contributed by atoms with Gasteiger partial charge in [-0.3, -0.25) is 0 Å². The third kappa shape index (κ3) is 4.99. The van der Waals surface area contributed by atoms with E-state index >= 15 is 0 Å². The zero-order valence-corrected chi connectivity index (χ0v) is 18.6. The highest BCUT2D eigenvalue weighted by atomic mass is 79.9. The molecule has 0 bridgehead atoms. The van der Waals surface area contributed by atoms with Crippen LogP contribution in [0.2, 0.25) is 0 Å². The van der Waals surface area contributed by atoms with E-state index < -0.39 is 0 Å². The lowest BCUT2D eigenvalue weighted by molar-refractivity contribution is -0.669. The average molecular weight is 444 g/mol. The minimum Gasteiger partial charge on any atom is -0.372 e. The lowest BCUT2D eigenvalue weighted by Crippen LogP contribution is -2.35. The molecule has 0 saturated carbocycles. The number of alkyl halides is 1. The van der Waals surface area contributed by atoms with Crippen LogP contribution in [0.1, 0.15) is 37.3 Å². The summed E-state index contributed by atoms with van der Waals surface area (Å²) in [5.74, 6) is 0. The van der Waals surface area contributed by atoms with Crippen LogP contribution in [0.25, 0.3) is 22.4 Å². The van der Waals surface area contributed by atoms with Crippen LogP contribution >= 0.6 is 27.3 Å². The molecule has 0 unspecified atom stereocenters. The van der Waals surface area contributed by atoms with Gasteiger partial charge in [-0.1, -0.05) is 51.5 Å². The highest BCUT2D eigenvalue weighted by molar-refractivity contribution is 9.09. The lowest BCUT2D eigenvalue weighted by atomic mass is 10.2. The molecule has 2 aromatic carbocycles.